The zero-order chi connectivity index (χ0) is 16.9. The summed E-state index contributed by atoms with van der Waals surface area (Å²) in [5.74, 6) is 0.845. The van der Waals surface area contributed by atoms with Gasteiger partial charge in [-0.05, 0) is 53.7 Å². The van der Waals surface area contributed by atoms with Crippen molar-refractivity contribution in [3.63, 3.8) is 0 Å². The van der Waals surface area contributed by atoms with Crippen molar-refractivity contribution in [1.29, 1.82) is 0 Å². The van der Waals surface area contributed by atoms with Gasteiger partial charge in [0.15, 0.2) is 0 Å². The van der Waals surface area contributed by atoms with E-state index in [1.807, 2.05) is 31.2 Å². The van der Waals surface area contributed by atoms with E-state index in [-0.39, 0.29) is 11.9 Å². The van der Waals surface area contributed by atoms with Crippen LogP contribution < -0.4 is 4.74 Å². The molecule has 24 heavy (non-hydrogen) atoms. The molecule has 0 amide bonds. The number of benzene rings is 2. The van der Waals surface area contributed by atoms with E-state index in [1.165, 1.54) is 16.7 Å². The summed E-state index contributed by atoms with van der Waals surface area (Å²) >= 11 is 0. The van der Waals surface area contributed by atoms with Gasteiger partial charge in [-0.15, -0.1) is 0 Å². The molecule has 1 atom stereocenters. The zero-order valence-electron chi connectivity index (χ0n) is 14.1. The fraction of sp³-hybridized carbons (Fsp3) is 0.286. The van der Waals surface area contributed by atoms with Crippen molar-refractivity contribution in [3.05, 3.63) is 65.2 Å². The Morgan fingerprint density at radius 3 is 2.71 bits per heavy atom. The van der Waals surface area contributed by atoms with Crippen molar-refractivity contribution < 1.29 is 14.3 Å². The molecule has 0 bridgehead atoms. The van der Waals surface area contributed by atoms with Crippen LogP contribution in [-0.2, 0) is 16.0 Å². The number of rotatable bonds is 5. The van der Waals surface area contributed by atoms with Crippen molar-refractivity contribution in [1.82, 2.24) is 0 Å². The zero-order valence-corrected chi connectivity index (χ0v) is 14.1. The first kappa shape index (κ1) is 16.3. The van der Waals surface area contributed by atoms with Gasteiger partial charge >= 0.3 is 5.97 Å². The van der Waals surface area contributed by atoms with Crippen LogP contribution in [0.4, 0.5) is 0 Å². The van der Waals surface area contributed by atoms with E-state index >= 15 is 0 Å². The van der Waals surface area contributed by atoms with Crippen LogP contribution in [0.25, 0.3) is 11.6 Å². The summed E-state index contributed by atoms with van der Waals surface area (Å²) in [7, 11) is 1.67. The molecule has 3 rings (SSSR count). The lowest BCUT2D eigenvalue weighted by Gasteiger charge is -2.12. The predicted molar refractivity (Wildman–Crippen MR) is 95.8 cm³/mol. The lowest BCUT2D eigenvalue weighted by Crippen LogP contribution is -2.11. The van der Waals surface area contributed by atoms with Gasteiger partial charge in [-0.3, -0.25) is 4.79 Å². The molecule has 0 saturated heterocycles. The van der Waals surface area contributed by atoms with Gasteiger partial charge in [0.05, 0.1) is 20.1 Å². The Labute approximate surface area is 142 Å². The minimum Gasteiger partial charge on any atom is -0.497 e. The molecular weight excluding hydrogens is 300 g/mol. The maximum atomic E-state index is 12.0. The van der Waals surface area contributed by atoms with Gasteiger partial charge in [-0.2, -0.15) is 0 Å². The largest absolute Gasteiger partial charge is 0.497 e. The third-order valence-electron chi connectivity index (χ3n) is 4.37. The molecule has 3 nitrogen and oxygen atoms in total. The molecular formula is C21H22O3. The van der Waals surface area contributed by atoms with Crippen molar-refractivity contribution in [2.75, 3.05) is 13.7 Å². The fourth-order valence-electron chi connectivity index (χ4n) is 3.25. The summed E-state index contributed by atoms with van der Waals surface area (Å²) in [5, 5.41) is 0. The highest BCUT2D eigenvalue weighted by molar-refractivity contribution is 5.89. The van der Waals surface area contributed by atoms with Crippen LogP contribution in [0.5, 0.6) is 5.75 Å². The highest BCUT2D eigenvalue weighted by atomic mass is 16.5. The van der Waals surface area contributed by atoms with Gasteiger partial charge in [0.2, 0.25) is 0 Å². The minimum absolute atomic E-state index is 0.138. The summed E-state index contributed by atoms with van der Waals surface area (Å²) in [6.07, 6.45) is 3.44. The van der Waals surface area contributed by atoms with Crippen LogP contribution in [0, 0.1) is 5.92 Å². The van der Waals surface area contributed by atoms with E-state index in [9.17, 15) is 4.79 Å². The number of carbonyl (C=O) groups excluding carboxylic acids is 1. The molecule has 0 N–H and O–H groups in total. The first-order valence-electron chi connectivity index (χ1n) is 8.30. The number of ether oxygens (including phenoxy) is 2. The lowest BCUT2D eigenvalue weighted by atomic mass is 9.94. The SMILES string of the molecule is CCOC(=O)CC1Cc2ccc(OC)cc2/C1=C/c1ccccc1. The maximum absolute atomic E-state index is 12.0. The molecule has 0 radical (unpaired) electrons. The second-order valence-corrected chi connectivity index (χ2v) is 5.94. The molecule has 0 spiro atoms. The van der Waals surface area contributed by atoms with Crippen LogP contribution in [0.2, 0.25) is 0 Å². The first-order chi connectivity index (χ1) is 11.7. The van der Waals surface area contributed by atoms with Gasteiger partial charge in [-0.1, -0.05) is 42.5 Å². The highest BCUT2D eigenvalue weighted by Gasteiger charge is 2.29. The second-order valence-electron chi connectivity index (χ2n) is 5.94. The molecule has 0 aromatic heterocycles. The molecule has 0 aliphatic heterocycles. The van der Waals surface area contributed by atoms with E-state index < -0.39 is 0 Å². The Bertz CT molecular complexity index is 747. The van der Waals surface area contributed by atoms with Crippen LogP contribution in [0.3, 0.4) is 0 Å². The summed E-state index contributed by atoms with van der Waals surface area (Å²) < 4.78 is 10.5. The molecule has 2 aromatic carbocycles. The Morgan fingerprint density at radius 2 is 2.00 bits per heavy atom. The smallest absolute Gasteiger partial charge is 0.306 e. The molecule has 2 aromatic rings. The van der Waals surface area contributed by atoms with E-state index in [4.69, 9.17) is 9.47 Å². The average molecular weight is 322 g/mol. The molecule has 1 aliphatic carbocycles. The van der Waals surface area contributed by atoms with Crippen molar-refractivity contribution in [2.45, 2.75) is 19.8 Å². The van der Waals surface area contributed by atoms with Gasteiger partial charge in [0.25, 0.3) is 0 Å². The normalized spacial score (nSPS) is 17.6. The van der Waals surface area contributed by atoms with E-state index in [1.54, 1.807) is 7.11 Å². The van der Waals surface area contributed by atoms with Gasteiger partial charge < -0.3 is 9.47 Å². The number of allylic oxidation sites excluding steroid dienone is 1. The Kier molecular flexibility index (Phi) is 4.99. The summed E-state index contributed by atoms with van der Waals surface area (Å²) in [6, 6.07) is 16.3. The molecule has 0 heterocycles. The summed E-state index contributed by atoms with van der Waals surface area (Å²) in [5.41, 5.74) is 4.75. The van der Waals surface area contributed by atoms with Crippen LogP contribution in [0.15, 0.2) is 48.5 Å². The van der Waals surface area contributed by atoms with Crippen LogP contribution in [0.1, 0.15) is 30.0 Å². The fourth-order valence-corrected chi connectivity index (χ4v) is 3.25. The third-order valence-corrected chi connectivity index (χ3v) is 4.37. The first-order valence-corrected chi connectivity index (χ1v) is 8.30. The number of hydrogen-bond acceptors (Lipinski definition) is 3. The molecule has 0 fully saturated rings. The number of carbonyl (C=O) groups is 1. The van der Waals surface area contributed by atoms with Gasteiger partial charge in [0.1, 0.15) is 5.75 Å². The standard InChI is InChI=1S/C21H22O3/c1-3-24-21(22)13-17-12-16-9-10-18(23-2)14-20(16)19(17)11-15-7-5-4-6-8-15/h4-11,14,17H,3,12-13H2,1-2H3/b19-11+. The molecule has 3 heteroatoms. The molecule has 1 unspecified atom stereocenters. The van der Waals surface area contributed by atoms with Crippen molar-refractivity contribution in [2.24, 2.45) is 5.92 Å². The minimum atomic E-state index is -0.138. The second kappa shape index (κ2) is 7.35. The molecule has 1 aliphatic rings. The molecule has 124 valence electrons. The van der Waals surface area contributed by atoms with Crippen molar-refractivity contribution >= 4 is 17.6 Å². The van der Waals surface area contributed by atoms with Crippen molar-refractivity contribution in [3.8, 4) is 5.75 Å². The average Bonchev–Trinajstić information content (AvgIpc) is 2.92. The van der Waals surface area contributed by atoms with Crippen LogP contribution in [-0.4, -0.2) is 19.7 Å². The number of hydrogen-bond donors (Lipinski definition) is 0. The number of methoxy groups -OCH3 is 1. The summed E-state index contributed by atoms with van der Waals surface area (Å²) in [6.45, 7) is 2.26. The number of fused-ring (bicyclic) bond motifs is 1. The van der Waals surface area contributed by atoms with Crippen LogP contribution >= 0.6 is 0 Å². The monoisotopic (exact) mass is 322 g/mol. The van der Waals surface area contributed by atoms with E-state index in [2.05, 4.69) is 30.3 Å². The van der Waals surface area contributed by atoms with E-state index in [0.717, 1.165) is 17.7 Å². The Hall–Kier alpha value is -2.55. The highest BCUT2D eigenvalue weighted by Crippen LogP contribution is 2.41. The number of esters is 1. The quantitative estimate of drug-likeness (QED) is 0.767. The Morgan fingerprint density at radius 1 is 1.21 bits per heavy atom. The predicted octanol–water partition coefficient (Wildman–Crippen LogP) is 4.36. The maximum Gasteiger partial charge on any atom is 0.306 e. The third kappa shape index (κ3) is 3.51. The lowest BCUT2D eigenvalue weighted by molar-refractivity contribution is -0.143. The summed E-state index contributed by atoms with van der Waals surface area (Å²) in [4.78, 5) is 12.0. The molecule has 0 saturated carbocycles. The Balaban J connectivity index is 1.98. The van der Waals surface area contributed by atoms with Gasteiger partial charge in [0, 0.05) is 0 Å². The van der Waals surface area contributed by atoms with E-state index in [0.29, 0.717) is 13.0 Å². The topological polar surface area (TPSA) is 35.5 Å². The van der Waals surface area contributed by atoms with Gasteiger partial charge in [-0.25, -0.2) is 0 Å².